The molecule has 1 aliphatic rings. The van der Waals surface area contributed by atoms with Crippen molar-refractivity contribution >= 4 is 11.8 Å². The smallest absolute Gasteiger partial charge is 0.352 e. The molecule has 4 nitrogen and oxygen atoms in total. The predicted molar refractivity (Wildman–Crippen MR) is 117 cm³/mol. The molecule has 1 fully saturated rings. The maximum atomic E-state index is 13.3. The Kier molecular flexibility index (Phi) is 6.96. The zero-order valence-electron chi connectivity index (χ0n) is 18.6. The molecule has 2 aromatic rings. The number of likely N-dealkylation sites (tertiary alicyclic amines) is 1. The molecule has 2 atom stereocenters. The van der Waals surface area contributed by atoms with E-state index >= 15 is 0 Å². The van der Waals surface area contributed by atoms with Gasteiger partial charge in [0.2, 0.25) is 11.8 Å². The van der Waals surface area contributed by atoms with Crippen LogP contribution in [0.1, 0.15) is 49.8 Å². The third-order valence-corrected chi connectivity index (χ3v) is 5.64. The molecule has 1 saturated heterocycles. The van der Waals surface area contributed by atoms with Crippen molar-refractivity contribution in [3.05, 3.63) is 71.3 Å². The molecule has 7 heteroatoms. The summed E-state index contributed by atoms with van der Waals surface area (Å²) in [6, 6.07) is 14.5. The van der Waals surface area contributed by atoms with Crippen LogP contribution in [0.2, 0.25) is 0 Å². The molecule has 0 bridgehead atoms. The summed E-state index contributed by atoms with van der Waals surface area (Å²) in [5, 5.41) is 2.89. The lowest BCUT2D eigenvalue weighted by atomic mass is 9.87. The van der Waals surface area contributed by atoms with E-state index in [1.807, 2.05) is 51.1 Å². The molecule has 0 aromatic heterocycles. The van der Waals surface area contributed by atoms with Gasteiger partial charge in [-0.2, -0.15) is 13.2 Å². The first kappa shape index (κ1) is 23.8. The van der Waals surface area contributed by atoms with Crippen molar-refractivity contribution in [2.45, 2.75) is 45.8 Å². The molecule has 0 aliphatic carbocycles. The Balaban J connectivity index is 1.83. The SMILES string of the molecule is CC(C)(C)CC(=O)N1C[C@H](c2cccc(C(F)(F)F)c2)[C@H](C(=O)NCc2ccccc2)C1. The molecule has 1 heterocycles. The van der Waals surface area contributed by atoms with Crippen molar-refractivity contribution in [3.63, 3.8) is 0 Å². The highest BCUT2D eigenvalue weighted by molar-refractivity contribution is 5.83. The highest BCUT2D eigenvalue weighted by Gasteiger charge is 2.41. The molecule has 2 amide bonds. The number of benzene rings is 2. The van der Waals surface area contributed by atoms with E-state index in [4.69, 9.17) is 0 Å². The number of nitrogens with one attached hydrogen (secondary N) is 1. The highest BCUT2D eigenvalue weighted by atomic mass is 19.4. The molecular formula is C25H29F3N2O2. The van der Waals surface area contributed by atoms with Crippen molar-refractivity contribution in [1.82, 2.24) is 10.2 Å². The second-order valence-corrected chi connectivity index (χ2v) is 9.58. The Hall–Kier alpha value is -2.83. The van der Waals surface area contributed by atoms with Crippen LogP contribution >= 0.6 is 0 Å². The second-order valence-electron chi connectivity index (χ2n) is 9.58. The van der Waals surface area contributed by atoms with Crippen LogP contribution in [0.3, 0.4) is 0 Å². The van der Waals surface area contributed by atoms with Crippen LogP contribution in [-0.2, 0) is 22.3 Å². The Morgan fingerprint density at radius 1 is 1.00 bits per heavy atom. The van der Waals surface area contributed by atoms with E-state index in [1.54, 1.807) is 11.0 Å². The Bertz CT molecular complexity index is 952. The number of carbonyl (C=O) groups excluding carboxylic acids is 2. The van der Waals surface area contributed by atoms with E-state index in [-0.39, 0.29) is 30.3 Å². The predicted octanol–water partition coefficient (Wildman–Crippen LogP) is 5.00. The lowest BCUT2D eigenvalue weighted by Gasteiger charge is -2.23. The van der Waals surface area contributed by atoms with Gasteiger partial charge in [0.15, 0.2) is 0 Å². The number of alkyl halides is 3. The summed E-state index contributed by atoms with van der Waals surface area (Å²) >= 11 is 0. The zero-order valence-corrected chi connectivity index (χ0v) is 18.6. The van der Waals surface area contributed by atoms with Gasteiger partial charge in [-0.25, -0.2) is 0 Å². The van der Waals surface area contributed by atoms with Crippen molar-refractivity contribution in [1.29, 1.82) is 0 Å². The summed E-state index contributed by atoms with van der Waals surface area (Å²) in [6.45, 7) is 6.59. The van der Waals surface area contributed by atoms with E-state index in [9.17, 15) is 22.8 Å². The van der Waals surface area contributed by atoms with Gasteiger partial charge in [0.1, 0.15) is 0 Å². The quantitative estimate of drug-likeness (QED) is 0.703. The summed E-state index contributed by atoms with van der Waals surface area (Å²) in [4.78, 5) is 27.5. The molecular weight excluding hydrogens is 417 g/mol. The molecule has 2 aromatic carbocycles. The maximum Gasteiger partial charge on any atom is 0.416 e. The topological polar surface area (TPSA) is 49.4 Å². The van der Waals surface area contributed by atoms with Crippen molar-refractivity contribution in [2.24, 2.45) is 11.3 Å². The standard InChI is InChI=1S/C25H29F3N2O2/c1-24(2,3)13-22(31)30-15-20(18-10-7-11-19(12-18)25(26,27)28)21(16-30)23(32)29-14-17-8-5-4-6-9-17/h4-12,20-21H,13-16H2,1-3H3,(H,29,32)/t20-,21-/m1/s1. The van der Waals surface area contributed by atoms with E-state index in [1.165, 1.54) is 6.07 Å². The summed E-state index contributed by atoms with van der Waals surface area (Å²) in [5.74, 6) is -1.47. The van der Waals surface area contributed by atoms with Crippen LogP contribution in [0, 0.1) is 11.3 Å². The van der Waals surface area contributed by atoms with E-state index in [0.717, 1.165) is 17.7 Å². The average Bonchev–Trinajstić information content (AvgIpc) is 3.17. The van der Waals surface area contributed by atoms with Crippen LogP contribution in [0.25, 0.3) is 0 Å². The molecule has 0 radical (unpaired) electrons. The summed E-state index contributed by atoms with van der Waals surface area (Å²) in [7, 11) is 0. The van der Waals surface area contributed by atoms with Gasteiger partial charge < -0.3 is 10.2 Å². The normalized spacial score (nSPS) is 19.1. The first-order valence-electron chi connectivity index (χ1n) is 10.7. The first-order valence-corrected chi connectivity index (χ1v) is 10.7. The molecule has 172 valence electrons. The van der Waals surface area contributed by atoms with Crippen LogP contribution in [0.15, 0.2) is 54.6 Å². The lowest BCUT2D eigenvalue weighted by Crippen LogP contribution is -2.36. The molecule has 1 aliphatic heterocycles. The fourth-order valence-corrected chi connectivity index (χ4v) is 4.04. The van der Waals surface area contributed by atoms with Crippen LogP contribution < -0.4 is 5.32 Å². The molecule has 32 heavy (non-hydrogen) atoms. The monoisotopic (exact) mass is 446 g/mol. The molecule has 0 spiro atoms. The van der Waals surface area contributed by atoms with Gasteiger partial charge in [0.05, 0.1) is 11.5 Å². The number of halogens is 3. The maximum absolute atomic E-state index is 13.3. The van der Waals surface area contributed by atoms with E-state index in [0.29, 0.717) is 18.5 Å². The van der Waals surface area contributed by atoms with Crippen LogP contribution in [-0.4, -0.2) is 29.8 Å². The number of hydrogen-bond acceptors (Lipinski definition) is 2. The number of nitrogens with zero attached hydrogens (tertiary/aromatic N) is 1. The minimum absolute atomic E-state index is 0.0900. The minimum atomic E-state index is -4.47. The zero-order chi connectivity index (χ0) is 23.5. The van der Waals surface area contributed by atoms with Gasteiger partial charge >= 0.3 is 6.18 Å². The first-order chi connectivity index (χ1) is 14.9. The molecule has 0 unspecified atom stereocenters. The summed E-state index contributed by atoms with van der Waals surface area (Å²) < 4.78 is 39.8. The van der Waals surface area contributed by atoms with Crippen molar-refractivity contribution in [3.8, 4) is 0 Å². The summed E-state index contributed by atoms with van der Waals surface area (Å²) in [6.07, 6.45) is -4.16. The Morgan fingerprint density at radius 3 is 2.31 bits per heavy atom. The van der Waals surface area contributed by atoms with Crippen molar-refractivity contribution in [2.75, 3.05) is 13.1 Å². The third-order valence-electron chi connectivity index (χ3n) is 5.64. The van der Waals surface area contributed by atoms with Gasteiger partial charge in [-0.3, -0.25) is 9.59 Å². The largest absolute Gasteiger partial charge is 0.416 e. The Labute approximate surface area is 186 Å². The van der Waals surface area contributed by atoms with Gasteiger partial charge in [0, 0.05) is 32.0 Å². The number of hydrogen-bond donors (Lipinski definition) is 1. The Morgan fingerprint density at radius 2 is 1.69 bits per heavy atom. The molecule has 1 N–H and O–H groups in total. The number of carbonyl (C=O) groups is 2. The lowest BCUT2D eigenvalue weighted by molar-refractivity contribution is -0.137. The van der Waals surface area contributed by atoms with Gasteiger partial charge in [-0.15, -0.1) is 0 Å². The number of amides is 2. The molecule has 0 saturated carbocycles. The van der Waals surface area contributed by atoms with Crippen molar-refractivity contribution < 1.29 is 22.8 Å². The van der Waals surface area contributed by atoms with Gasteiger partial charge in [-0.05, 0) is 22.6 Å². The second kappa shape index (κ2) is 9.35. The number of rotatable bonds is 5. The van der Waals surface area contributed by atoms with E-state index in [2.05, 4.69) is 5.32 Å². The average molecular weight is 447 g/mol. The highest BCUT2D eigenvalue weighted by Crippen LogP contribution is 2.37. The fourth-order valence-electron chi connectivity index (χ4n) is 4.04. The fraction of sp³-hybridized carbons (Fsp3) is 0.440. The van der Waals surface area contributed by atoms with Gasteiger partial charge in [-0.1, -0.05) is 69.3 Å². The van der Waals surface area contributed by atoms with Gasteiger partial charge in [0.25, 0.3) is 0 Å². The molecule has 3 rings (SSSR count). The van der Waals surface area contributed by atoms with E-state index < -0.39 is 23.6 Å². The third kappa shape index (κ3) is 6.11. The van der Waals surface area contributed by atoms with Crippen LogP contribution in [0.4, 0.5) is 13.2 Å². The minimum Gasteiger partial charge on any atom is -0.352 e. The summed E-state index contributed by atoms with van der Waals surface area (Å²) in [5.41, 5.74) is 0.370. The van der Waals surface area contributed by atoms with Crippen LogP contribution in [0.5, 0.6) is 0 Å².